The molecular formula is C19H20FN5O2S. The second-order valence-electron chi connectivity index (χ2n) is 6.82. The molecule has 0 aliphatic carbocycles. The molecule has 0 radical (unpaired) electrons. The summed E-state index contributed by atoms with van der Waals surface area (Å²) in [5, 5.41) is 13.4. The lowest BCUT2D eigenvalue weighted by Crippen LogP contribution is -2.48. The number of aromatic nitrogens is 4. The van der Waals surface area contributed by atoms with Crippen LogP contribution in [0.5, 0.6) is 0 Å². The molecule has 3 aromatic rings. The van der Waals surface area contributed by atoms with E-state index in [0.29, 0.717) is 29.6 Å². The van der Waals surface area contributed by atoms with Crippen LogP contribution < -0.4 is 0 Å². The van der Waals surface area contributed by atoms with Crippen molar-refractivity contribution in [3.05, 3.63) is 42.2 Å². The van der Waals surface area contributed by atoms with Crippen molar-refractivity contribution >= 4 is 23.3 Å². The van der Waals surface area contributed by atoms with Crippen molar-refractivity contribution in [3.8, 4) is 11.3 Å². The van der Waals surface area contributed by atoms with Crippen LogP contribution >= 0.6 is 11.8 Å². The maximum Gasteiger partial charge on any atom is 0.233 e. The third kappa shape index (κ3) is 4.00. The minimum atomic E-state index is -0.296. The standard InChI is InChI=1S/C19H20FN5O2S/c1-12-9-24(10-13(2)27-12)18(26)11-28-19-22-21-17-8-7-16(23-25(17)19)14-3-5-15(20)6-4-14/h3-8,12-13H,9-11H2,1-2H3. The molecule has 0 bridgehead atoms. The lowest BCUT2D eigenvalue weighted by molar-refractivity contribution is -0.140. The average Bonchev–Trinajstić information content (AvgIpc) is 3.08. The van der Waals surface area contributed by atoms with E-state index in [0.717, 1.165) is 5.56 Å². The molecule has 2 aromatic heterocycles. The van der Waals surface area contributed by atoms with Crippen LogP contribution in [-0.4, -0.2) is 61.7 Å². The fourth-order valence-corrected chi connectivity index (χ4v) is 4.02. The van der Waals surface area contributed by atoms with Gasteiger partial charge in [0.05, 0.1) is 23.7 Å². The minimum absolute atomic E-state index is 0.0338. The number of thioether (sulfide) groups is 1. The Morgan fingerprint density at radius 2 is 1.86 bits per heavy atom. The van der Waals surface area contributed by atoms with Crippen LogP contribution in [0, 0.1) is 5.82 Å². The van der Waals surface area contributed by atoms with E-state index in [-0.39, 0.29) is 29.7 Å². The van der Waals surface area contributed by atoms with Gasteiger partial charge in [0, 0.05) is 18.7 Å². The zero-order chi connectivity index (χ0) is 19.7. The Morgan fingerprint density at radius 3 is 2.57 bits per heavy atom. The summed E-state index contributed by atoms with van der Waals surface area (Å²) in [4.78, 5) is 14.4. The summed E-state index contributed by atoms with van der Waals surface area (Å²) in [7, 11) is 0. The number of fused-ring (bicyclic) bond motifs is 1. The molecule has 2 atom stereocenters. The van der Waals surface area contributed by atoms with Crippen LogP contribution in [-0.2, 0) is 9.53 Å². The fraction of sp³-hybridized carbons (Fsp3) is 0.368. The van der Waals surface area contributed by atoms with Gasteiger partial charge in [-0.1, -0.05) is 11.8 Å². The number of nitrogens with zero attached hydrogens (tertiary/aromatic N) is 5. The number of hydrogen-bond donors (Lipinski definition) is 0. The third-order valence-electron chi connectivity index (χ3n) is 4.47. The summed E-state index contributed by atoms with van der Waals surface area (Å²) in [5.74, 6) is -0.00282. The Labute approximate surface area is 165 Å². The molecule has 3 heterocycles. The van der Waals surface area contributed by atoms with Crippen molar-refractivity contribution in [1.29, 1.82) is 0 Å². The molecule has 28 heavy (non-hydrogen) atoms. The van der Waals surface area contributed by atoms with Gasteiger partial charge < -0.3 is 9.64 Å². The molecule has 1 amide bonds. The molecule has 1 aliphatic heterocycles. The molecule has 146 valence electrons. The second kappa shape index (κ2) is 7.84. The predicted octanol–water partition coefficient (Wildman–Crippen LogP) is 2.66. The van der Waals surface area contributed by atoms with Gasteiger partial charge in [-0.15, -0.1) is 10.2 Å². The largest absolute Gasteiger partial charge is 0.372 e. The Morgan fingerprint density at radius 1 is 1.14 bits per heavy atom. The Kier molecular flexibility index (Phi) is 5.27. The number of carbonyl (C=O) groups excluding carboxylic acids is 1. The zero-order valence-electron chi connectivity index (χ0n) is 15.6. The van der Waals surface area contributed by atoms with Crippen LogP contribution in [0.15, 0.2) is 41.6 Å². The molecule has 2 unspecified atom stereocenters. The summed E-state index contributed by atoms with van der Waals surface area (Å²) < 4.78 is 20.4. The van der Waals surface area contributed by atoms with Gasteiger partial charge >= 0.3 is 0 Å². The predicted molar refractivity (Wildman–Crippen MR) is 103 cm³/mol. The van der Waals surface area contributed by atoms with E-state index >= 15 is 0 Å². The lowest BCUT2D eigenvalue weighted by atomic mass is 10.1. The van der Waals surface area contributed by atoms with Crippen molar-refractivity contribution in [2.75, 3.05) is 18.8 Å². The normalized spacial score (nSPS) is 19.9. The molecule has 9 heteroatoms. The van der Waals surface area contributed by atoms with Gasteiger partial charge in [0.25, 0.3) is 0 Å². The number of ether oxygens (including phenoxy) is 1. The highest BCUT2D eigenvalue weighted by Crippen LogP contribution is 2.22. The highest BCUT2D eigenvalue weighted by molar-refractivity contribution is 7.99. The SMILES string of the molecule is CC1CN(C(=O)CSc2nnc3ccc(-c4ccc(F)cc4)nn23)CC(C)O1. The number of carbonyl (C=O) groups is 1. The molecule has 0 saturated carbocycles. The molecule has 1 fully saturated rings. The van der Waals surface area contributed by atoms with E-state index in [2.05, 4.69) is 15.3 Å². The van der Waals surface area contributed by atoms with E-state index < -0.39 is 0 Å². The molecule has 4 rings (SSSR count). The summed E-state index contributed by atoms with van der Waals surface area (Å²) in [6.45, 7) is 5.13. The van der Waals surface area contributed by atoms with Crippen molar-refractivity contribution in [2.24, 2.45) is 0 Å². The smallest absolute Gasteiger partial charge is 0.233 e. The van der Waals surface area contributed by atoms with E-state index in [9.17, 15) is 9.18 Å². The van der Waals surface area contributed by atoms with Crippen LogP contribution in [0.25, 0.3) is 16.9 Å². The fourth-order valence-electron chi connectivity index (χ4n) is 3.23. The number of rotatable bonds is 4. The summed E-state index contributed by atoms with van der Waals surface area (Å²) in [5.41, 5.74) is 2.06. The summed E-state index contributed by atoms with van der Waals surface area (Å²) >= 11 is 1.30. The number of morpholine rings is 1. The lowest BCUT2D eigenvalue weighted by Gasteiger charge is -2.35. The molecule has 1 aromatic carbocycles. The van der Waals surface area contributed by atoms with Crippen molar-refractivity contribution in [2.45, 2.75) is 31.2 Å². The molecule has 7 nitrogen and oxygen atoms in total. The van der Waals surface area contributed by atoms with Gasteiger partial charge in [0.2, 0.25) is 11.1 Å². The highest BCUT2D eigenvalue weighted by atomic mass is 32.2. The maximum absolute atomic E-state index is 13.2. The van der Waals surface area contributed by atoms with E-state index in [1.54, 1.807) is 22.7 Å². The second-order valence-corrected chi connectivity index (χ2v) is 7.77. The topological polar surface area (TPSA) is 72.6 Å². The van der Waals surface area contributed by atoms with Crippen LogP contribution in [0.1, 0.15) is 13.8 Å². The van der Waals surface area contributed by atoms with Crippen LogP contribution in [0.3, 0.4) is 0 Å². The Balaban J connectivity index is 1.50. The van der Waals surface area contributed by atoms with Crippen LogP contribution in [0.2, 0.25) is 0 Å². The third-order valence-corrected chi connectivity index (χ3v) is 5.38. The first-order chi connectivity index (χ1) is 13.5. The molecule has 1 saturated heterocycles. The first kappa shape index (κ1) is 18.8. The van der Waals surface area contributed by atoms with Gasteiger partial charge in [-0.25, -0.2) is 4.39 Å². The van der Waals surface area contributed by atoms with E-state index in [1.807, 2.05) is 24.8 Å². The van der Waals surface area contributed by atoms with Gasteiger partial charge in [0.1, 0.15) is 5.82 Å². The van der Waals surface area contributed by atoms with E-state index in [1.165, 1.54) is 23.9 Å². The summed E-state index contributed by atoms with van der Waals surface area (Å²) in [6, 6.07) is 9.75. The molecule has 0 N–H and O–H groups in total. The average molecular weight is 401 g/mol. The minimum Gasteiger partial charge on any atom is -0.372 e. The Hall–Kier alpha value is -2.52. The van der Waals surface area contributed by atoms with Gasteiger partial charge in [-0.3, -0.25) is 4.79 Å². The number of hydrogen-bond acceptors (Lipinski definition) is 6. The monoisotopic (exact) mass is 401 g/mol. The molecular weight excluding hydrogens is 381 g/mol. The van der Waals surface area contributed by atoms with Crippen molar-refractivity contribution in [3.63, 3.8) is 0 Å². The quantitative estimate of drug-likeness (QED) is 0.626. The Bertz CT molecular complexity index is 984. The van der Waals surface area contributed by atoms with Crippen LogP contribution in [0.4, 0.5) is 4.39 Å². The molecule has 1 aliphatic rings. The highest BCUT2D eigenvalue weighted by Gasteiger charge is 2.26. The number of benzene rings is 1. The van der Waals surface area contributed by atoms with Crippen molar-refractivity contribution < 1.29 is 13.9 Å². The maximum atomic E-state index is 13.2. The first-order valence-corrected chi connectivity index (χ1v) is 10.0. The summed E-state index contributed by atoms with van der Waals surface area (Å²) in [6.07, 6.45) is 0.0677. The van der Waals surface area contributed by atoms with Gasteiger partial charge in [-0.2, -0.15) is 9.61 Å². The van der Waals surface area contributed by atoms with Crippen molar-refractivity contribution in [1.82, 2.24) is 24.7 Å². The number of amides is 1. The zero-order valence-corrected chi connectivity index (χ0v) is 16.4. The first-order valence-electron chi connectivity index (χ1n) is 9.04. The van der Waals surface area contributed by atoms with Gasteiger partial charge in [0.15, 0.2) is 5.65 Å². The van der Waals surface area contributed by atoms with E-state index in [4.69, 9.17) is 4.74 Å². The molecule has 0 spiro atoms. The number of halogens is 1. The van der Waals surface area contributed by atoms with Gasteiger partial charge in [-0.05, 0) is 50.2 Å².